The fourth-order valence-electron chi connectivity index (χ4n) is 7.14. The monoisotopic (exact) mass is 666 g/mol. The Kier molecular flexibility index (Phi) is 7.03. The highest BCUT2D eigenvalue weighted by Crippen LogP contribution is 2.36. The zero-order valence-corrected chi connectivity index (χ0v) is 28.0. The van der Waals surface area contributed by atoms with Gasteiger partial charge in [-0.2, -0.15) is 9.97 Å². The quantitative estimate of drug-likeness (QED) is 0.177. The molecule has 0 N–H and O–H groups in total. The Morgan fingerprint density at radius 1 is 0.327 bits per heavy atom. The van der Waals surface area contributed by atoms with Gasteiger partial charge in [-0.15, -0.1) is 0 Å². The Morgan fingerprint density at radius 3 is 1.56 bits per heavy atom. The van der Waals surface area contributed by atoms with Crippen LogP contribution >= 0.6 is 0 Å². The van der Waals surface area contributed by atoms with Gasteiger partial charge in [-0.3, -0.25) is 9.13 Å². The summed E-state index contributed by atoms with van der Waals surface area (Å²) in [7, 11) is 0. The molecule has 3 aromatic heterocycles. The van der Waals surface area contributed by atoms with Gasteiger partial charge in [-0.25, -0.2) is 9.97 Å². The van der Waals surface area contributed by atoms with E-state index in [0.717, 1.165) is 72.2 Å². The van der Waals surface area contributed by atoms with Crippen molar-refractivity contribution in [2.75, 3.05) is 0 Å². The number of para-hydroxylation sites is 4. The van der Waals surface area contributed by atoms with E-state index in [-0.39, 0.29) is 0 Å². The van der Waals surface area contributed by atoms with Crippen LogP contribution in [0.4, 0.5) is 0 Å². The summed E-state index contributed by atoms with van der Waals surface area (Å²) < 4.78 is 4.39. The Labute approximate surface area is 300 Å². The standard InChI is InChI=1S/C46H30N6/c1-4-14-32(15-5-1)43-48-44(33-16-6-2-7-17-33)50-46(49-43)52-40-22-12-10-20-37(40)38-30-35(28-29-41(38)52)31-24-26-34(27-25-31)45-47-39-21-11-13-23-42(39)51(45)36-18-8-3-9-19-36/h1-30H. The summed E-state index contributed by atoms with van der Waals surface area (Å²) in [5.74, 6) is 2.76. The lowest BCUT2D eigenvalue weighted by atomic mass is 10.0. The molecule has 0 saturated heterocycles. The average molecular weight is 667 g/mol. The summed E-state index contributed by atoms with van der Waals surface area (Å²) in [6, 6.07) is 62.7. The number of rotatable bonds is 6. The van der Waals surface area contributed by atoms with E-state index in [2.05, 4.69) is 118 Å². The first-order valence-electron chi connectivity index (χ1n) is 17.3. The summed E-state index contributed by atoms with van der Waals surface area (Å²) in [6.07, 6.45) is 0. The number of benzene rings is 7. The van der Waals surface area contributed by atoms with Crippen molar-refractivity contribution in [3.05, 3.63) is 182 Å². The predicted molar refractivity (Wildman–Crippen MR) is 211 cm³/mol. The van der Waals surface area contributed by atoms with Gasteiger partial charge in [0, 0.05) is 33.2 Å². The van der Waals surface area contributed by atoms with Gasteiger partial charge in [0.1, 0.15) is 5.82 Å². The molecule has 0 atom stereocenters. The minimum Gasteiger partial charge on any atom is -0.292 e. The Balaban J connectivity index is 1.10. The SMILES string of the molecule is c1ccc(-c2nc(-c3ccccc3)nc(-n3c4ccccc4c4cc(-c5ccc(-c6nc7ccccc7n6-c6ccccc6)cc5)ccc43)n2)cc1. The van der Waals surface area contributed by atoms with Crippen LogP contribution in [0.5, 0.6) is 0 Å². The maximum absolute atomic E-state index is 5.07. The second-order valence-corrected chi connectivity index (χ2v) is 12.8. The molecule has 6 heteroatoms. The van der Waals surface area contributed by atoms with E-state index in [9.17, 15) is 0 Å². The van der Waals surface area contributed by atoms with Crippen LogP contribution in [0.3, 0.4) is 0 Å². The molecule has 0 unspecified atom stereocenters. The number of imidazole rings is 1. The molecule has 52 heavy (non-hydrogen) atoms. The molecule has 3 heterocycles. The molecule has 7 aromatic carbocycles. The predicted octanol–water partition coefficient (Wildman–Crippen LogP) is 11.0. The normalized spacial score (nSPS) is 11.5. The maximum atomic E-state index is 5.07. The first-order chi connectivity index (χ1) is 25.8. The molecule has 0 aliphatic heterocycles. The molecule has 0 radical (unpaired) electrons. The number of hydrogen-bond acceptors (Lipinski definition) is 4. The Bertz CT molecular complexity index is 2820. The van der Waals surface area contributed by atoms with Crippen molar-refractivity contribution in [3.63, 3.8) is 0 Å². The van der Waals surface area contributed by atoms with E-state index in [0.29, 0.717) is 17.6 Å². The van der Waals surface area contributed by atoms with E-state index in [1.165, 1.54) is 0 Å². The zero-order valence-electron chi connectivity index (χ0n) is 28.0. The molecule has 0 aliphatic carbocycles. The first-order valence-corrected chi connectivity index (χ1v) is 17.3. The fraction of sp³-hybridized carbons (Fsp3) is 0. The lowest BCUT2D eigenvalue weighted by molar-refractivity contribution is 0.953. The zero-order chi connectivity index (χ0) is 34.4. The maximum Gasteiger partial charge on any atom is 0.238 e. The molecule has 10 rings (SSSR count). The van der Waals surface area contributed by atoms with Crippen molar-refractivity contribution in [2.45, 2.75) is 0 Å². The fourth-order valence-corrected chi connectivity index (χ4v) is 7.14. The lowest BCUT2D eigenvalue weighted by Crippen LogP contribution is -2.06. The van der Waals surface area contributed by atoms with Crippen LogP contribution in [0, 0.1) is 0 Å². The third-order valence-corrected chi connectivity index (χ3v) is 9.61. The van der Waals surface area contributed by atoms with Gasteiger partial charge in [0.2, 0.25) is 5.95 Å². The van der Waals surface area contributed by atoms with Crippen LogP contribution < -0.4 is 0 Å². The molecular formula is C46H30N6. The Hall–Kier alpha value is -7.18. The van der Waals surface area contributed by atoms with E-state index in [1.54, 1.807) is 0 Å². The second kappa shape index (κ2) is 12.3. The average Bonchev–Trinajstić information content (AvgIpc) is 3.78. The lowest BCUT2D eigenvalue weighted by Gasteiger charge is -2.11. The molecule has 6 nitrogen and oxygen atoms in total. The van der Waals surface area contributed by atoms with Gasteiger partial charge >= 0.3 is 0 Å². The van der Waals surface area contributed by atoms with E-state index < -0.39 is 0 Å². The molecule has 0 spiro atoms. The molecular weight excluding hydrogens is 637 g/mol. The summed E-state index contributed by atoms with van der Waals surface area (Å²) in [5.41, 5.74) is 10.4. The highest BCUT2D eigenvalue weighted by Gasteiger charge is 2.19. The van der Waals surface area contributed by atoms with E-state index in [1.807, 2.05) is 72.8 Å². The number of nitrogens with zero attached hydrogens (tertiary/aromatic N) is 6. The number of aromatic nitrogens is 6. The topological polar surface area (TPSA) is 61.4 Å². The van der Waals surface area contributed by atoms with Crippen molar-refractivity contribution in [1.29, 1.82) is 0 Å². The first kappa shape index (κ1) is 29.7. The van der Waals surface area contributed by atoms with Gasteiger partial charge in [-0.1, -0.05) is 140 Å². The van der Waals surface area contributed by atoms with Gasteiger partial charge in [0.05, 0.1) is 22.1 Å². The van der Waals surface area contributed by atoms with Crippen molar-refractivity contribution < 1.29 is 0 Å². The van der Waals surface area contributed by atoms with Gasteiger partial charge < -0.3 is 0 Å². The largest absolute Gasteiger partial charge is 0.292 e. The van der Waals surface area contributed by atoms with Gasteiger partial charge in [0.15, 0.2) is 11.6 Å². The molecule has 0 aliphatic rings. The smallest absolute Gasteiger partial charge is 0.238 e. The molecule has 0 bridgehead atoms. The van der Waals surface area contributed by atoms with Crippen molar-refractivity contribution in [2.24, 2.45) is 0 Å². The van der Waals surface area contributed by atoms with Gasteiger partial charge in [-0.05, 0) is 53.6 Å². The van der Waals surface area contributed by atoms with Crippen LogP contribution in [-0.2, 0) is 0 Å². The Morgan fingerprint density at radius 2 is 0.865 bits per heavy atom. The van der Waals surface area contributed by atoms with Crippen LogP contribution in [0.25, 0.3) is 89.8 Å². The summed E-state index contributed by atoms with van der Waals surface area (Å²) >= 11 is 0. The van der Waals surface area contributed by atoms with Crippen molar-refractivity contribution >= 4 is 32.8 Å². The molecule has 0 saturated carbocycles. The molecule has 10 aromatic rings. The van der Waals surface area contributed by atoms with Gasteiger partial charge in [0.25, 0.3) is 0 Å². The summed E-state index contributed by atoms with van der Waals surface area (Å²) in [6.45, 7) is 0. The summed E-state index contributed by atoms with van der Waals surface area (Å²) in [4.78, 5) is 20.1. The third-order valence-electron chi connectivity index (χ3n) is 9.61. The number of hydrogen-bond donors (Lipinski definition) is 0. The summed E-state index contributed by atoms with van der Waals surface area (Å²) in [5, 5.41) is 2.27. The molecule has 0 amide bonds. The van der Waals surface area contributed by atoms with E-state index >= 15 is 0 Å². The minimum atomic E-state index is 0.581. The van der Waals surface area contributed by atoms with Crippen LogP contribution in [-0.4, -0.2) is 29.1 Å². The molecule has 0 fully saturated rings. The highest BCUT2D eigenvalue weighted by atomic mass is 15.2. The van der Waals surface area contributed by atoms with Crippen LogP contribution in [0.2, 0.25) is 0 Å². The number of fused-ring (bicyclic) bond motifs is 4. The molecule has 244 valence electrons. The second-order valence-electron chi connectivity index (χ2n) is 12.8. The van der Waals surface area contributed by atoms with E-state index in [4.69, 9.17) is 19.9 Å². The van der Waals surface area contributed by atoms with Crippen molar-refractivity contribution in [3.8, 4) is 56.9 Å². The minimum absolute atomic E-state index is 0.581. The van der Waals surface area contributed by atoms with Crippen LogP contribution in [0.15, 0.2) is 182 Å². The highest BCUT2D eigenvalue weighted by molar-refractivity contribution is 6.10. The van der Waals surface area contributed by atoms with Crippen molar-refractivity contribution in [1.82, 2.24) is 29.1 Å². The van der Waals surface area contributed by atoms with Crippen LogP contribution in [0.1, 0.15) is 0 Å². The third kappa shape index (κ3) is 5.05.